The monoisotopic (exact) mass is 186 g/mol. The van der Waals surface area contributed by atoms with Crippen molar-refractivity contribution in [1.29, 1.82) is 0 Å². The van der Waals surface area contributed by atoms with Gasteiger partial charge in [0, 0.05) is 0 Å². The van der Waals surface area contributed by atoms with Crippen molar-refractivity contribution in [3.63, 3.8) is 0 Å². The Balaban J connectivity index is 4.65. The Morgan fingerprint density at radius 3 is 1.80 bits per heavy atom. The van der Waals surface area contributed by atoms with Crippen molar-refractivity contribution in [1.82, 2.24) is 0 Å². The first-order valence-electron chi connectivity index (χ1n) is 2.05. The highest BCUT2D eigenvalue weighted by Crippen LogP contribution is 1.98. The van der Waals surface area contributed by atoms with E-state index in [1.54, 1.807) is 0 Å². The standard InChI is InChI=1S/C3H6O5S2/c1-3-10(6,7)8-9(2,4)5/h3H,1H2,2H3. The molecular weight excluding hydrogens is 180 g/mol. The van der Waals surface area contributed by atoms with Gasteiger partial charge in [0.2, 0.25) is 0 Å². The van der Waals surface area contributed by atoms with Gasteiger partial charge in [-0.2, -0.15) is 16.8 Å². The summed E-state index contributed by atoms with van der Waals surface area (Å²) in [5.74, 6) is 0. The maximum Gasteiger partial charge on any atom is 0.303 e. The molecule has 0 aliphatic carbocycles. The van der Waals surface area contributed by atoms with E-state index in [0.29, 0.717) is 11.7 Å². The van der Waals surface area contributed by atoms with E-state index in [1.165, 1.54) is 0 Å². The van der Waals surface area contributed by atoms with Gasteiger partial charge >= 0.3 is 10.1 Å². The Kier molecular flexibility index (Phi) is 2.58. The van der Waals surface area contributed by atoms with Crippen molar-refractivity contribution >= 4 is 20.2 Å². The molecule has 0 saturated carbocycles. The van der Waals surface area contributed by atoms with Crippen LogP contribution in [-0.2, 0) is 23.9 Å². The summed E-state index contributed by atoms with van der Waals surface area (Å²) in [7, 11) is -8.05. The molecule has 7 heteroatoms. The molecule has 0 aliphatic rings. The minimum Gasteiger partial charge on any atom is -0.199 e. The van der Waals surface area contributed by atoms with Crippen LogP contribution in [0.4, 0.5) is 0 Å². The molecule has 0 aliphatic heterocycles. The van der Waals surface area contributed by atoms with Gasteiger partial charge in [0.15, 0.2) is 0 Å². The second-order valence-electron chi connectivity index (χ2n) is 1.43. The molecule has 0 aromatic carbocycles. The number of hydrogen-bond acceptors (Lipinski definition) is 5. The van der Waals surface area contributed by atoms with Crippen LogP contribution in [0.15, 0.2) is 12.0 Å². The normalized spacial score (nSPS) is 12.9. The summed E-state index contributed by atoms with van der Waals surface area (Å²) in [6.45, 7) is 2.84. The van der Waals surface area contributed by atoms with Gasteiger partial charge < -0.3 is 0 Å². The maximum atomic E-state index is 10.3. The Hall–Kier alpha value is -0.400. The molecule has 0 fully saturated rings. The highest BCUT2D eigenvalue weighted by molar-refractivity contribution is 8.01. The van der Waals surface area contributed by atoms with E-state index in [2.05, 4.69) is 10.2 Å². The van der Waals surface area contributed by atoms with Crippen molar-refractivity contribution in [2.75, 3.05) is 6.26 Å². The van der Waals surface area contributed by atoms with Gasteiger partial charge in [0.25, 0.3) is 10.1 Å². The van der Waals surface area contributed by atoms with E-state index in [4.69, 9.17) is 0 Å². The van der Waals surface area contributed by atoms with Crippen LogP contribution in [0, 0.1) is 0 Å². The zero-order valence-electron chi connectivity index (χ0n) is 5.14. The highest BCUT2D eigenvalue weighted by Gasteiger charge is 2.13. The third kappa shape index (κ3) is 4.48. The molecular formula is C3H6O5S2. The third-order valence-corrected chi connectivity index (χ3v) is 2.58. The van der Waals surface area contributed by atoms with Crippen molar-refractivity contribution in [2.45, 2.75) is 0 Å². The van der Waals surface area contributed by atoms with Crippen LogP contribution in [0.3, 0.4) is 0 Å². The summed E-state index contributed by atoms with van der Waals surface area (Å²) >= 11 is 0. The minimum absolute atomic E-state index is 0.411. The van der Waals surface area contributed by atoms with E-state index < -0.39 is 20.2 Å². The molecule has 5 nitrogen and oxygen atoms in total. The largest absolute Gasteiger partial charge is 0.303 e. The van der Waals surface area contributed by atoms with Crippen LogP contribution in [0.25, 0.3) is 0 Å². The lowest BCUT2D eigenvalue weighted by atomic mass is 11.3. The summed E-state index contributed by atoms with van der Waals surface area (Å²) in [5.41, 5.74) is 0. The molecule has 0 rings (SSSR count). The molecule has 0 bridgehead atoms. The van der Waals surface area contributed by atoms with Crippen LogP contribution >= 0.6 is 0 Å². The summed E-state index contributed by atoms with van der Waals surface area (Å²) in [5, 5.41) is 0.411. The van der Waals surface area contributed by atoms with Crippen molar-refractivity contribution in [3.05, 3.63) is 12.0 Å². The summed E-state index contributed by atoms with van der Waals surface area (Å²) in [6, 6.07) is 0. The van der Waals surface area contributed by atoms with Crippen LogP contribution in [0.5, 0.6) is 0 Å². The van der Waals surface area contributed by atoms with Crippen LogP contribution in [-0.4, -0.2) is 23.1 Å². The average molecular weight is 186 g/mol. The average Bonchev–Trinajstić information content (AvgIpc) is 1.60. The smallest absolute Gasteiger partial charge is 0.199 e. The second kappa shape index (κ2) is 2.69. The Morgan fingerprint density at radius 2 is 1.70 bits per heavy atom. The van der Waals surface area contributed by atoms with E-state index in [1.807, 2.05) is 0 Å². The highest BCUT2D eigenvalue weighted by atomic mass is 32.3. The summed E-state index contributed by atoms with van der Waals surface area (Å²) < 4.78 is 44.5. The van der Waals surface area contributed by atoms with Crippen LogP contribution in [0.2, 0.25) is 0 Å². The fourth-order valence-electron chi connectivity index (χ4n) is 0.200. The Labute approximate surface area is 59.6 Å². The zero-order valence-corrected chi connectivity index (χ0v) is 6.78. The topological polar surface area (TPSA) is 77.5 Å². The van der Waals surface area contributed by atoms with Crippen molar-refractivity contribution in [2.24, 2.45) is 0 Å². The lowest BCUT2D eigenvalue weighted by Crippen LogP contribution is -2.08. The van der Waals surface area contributed by atoms with Gasteiger partial charge in [-0.1, -0.05) is 6.58 Å². The fourth-order valence-corrected chi connectivity index (χ4v) is 1.80. The van der Waals surface area contributed by atoms with Gasteiger partial charge in [-0.15, -0.1) is 3.63 Å². The van der Waals surface area contributed by atoms with Crippen LogP contribution < -0.4 is 0 Å². The lowest BCUT2D eigenvalue weighted by Gasteiger charge is -1.94. The molecule has 0 amide bonds. The van der Waals surface area contributed by atoms with E-state index in [0.717, 1.165) is 0 Å². The molecule has 0 saturated heterocycles. The first-order chi connectivity index (χ1) is 4.27. The molecule has 0 N–H and O–H groups in total. The molecule has 0 aromatic heterocycles. The van der Waals surface area contributed by atoms with Gasteiger partial charge in [-0.05, 0) is 0 Å². The summed E-state index contributed by atoms with van der Waals surface area (Å²) in [4.78, 5) is 0. The molecule has 0 heterocycles. The Morgan fingerprint density at radius 1 is 1.30 bits per heavy atom. The first kappa shape index (κ1) is 9.60. The number of rotatable bonds is 3. The van der Waals surface area contributed by atoms with E-state index in [-0.39, 0.29) is 0 Å². The molecule has 0 aromatic rings. The molecule has 0 radical (unpaired) electrons. The van der Waals surface area contributed by atoms with Gasteiger partial charge in [0.05, 0.1) is 11.7 Å². The molecule has 10 heavy (non-hydrogen) atoms. The maximum absolute atomic E-state index is 10.3. The minimum atomic E-state index is -4.10. The molecule has 0 spiro atoms. The SMILES string of the molecule is C=CS(=O)(=O)OS(C)(=O)=O. The summed E-state index contributed by atoms with van der Waals surface area (Å²) in [6.07, 6.45) is 0.633. The quantitative estimate of drug-likeness (QED) is 0.590. The van der Waals surface area contributed by atoms with Gasteiger partial charge in [0.1, 0.15) is 0 Å². The number of hydrogen-bond donors (Lipinski definition) is 0. The molecule has 60 valence electrons. The van der Waals surface area contributed by atoms with E-state index in [9.17, 15) is 16.8 Å². The first-order valence-corrected chi connectivity index (χ1v) is 5.34. The second-order valence-corrected chi connectivity index (χ2v) is 4.70. The van der Waals surface area contributed by atoms with E-state index >= 15 is 0 Å². The lowest BCUT2D eigenvalue weighted by molar-refractivity contribution is 0.473. The molecule has 0 atom stereocenters. The Bertz CT molecular complexity index is 307. The van der Waals surface area contributed by atoms with Gasteiger partial charge in [-0.25, -0.2) is 0 Å². The predicted molar refractivity (Wildman–Crippen MR) is 35.0 cm³/mol. The van der Waals surface area contributed by atoms with Gasteiger partial charge in [-0.3, -0.25) is 0 Å². The zero-order chi connectivity index (χ0) is 8.41. The fraction of sp³-hybridized carbons (Fsp3) is 0.333. The van der Waals surface area contributed by atoms with Crippen molar-refractivity contribution < 1.29 is 20.5 Å². The van der Waals surface area contributed by atoms with Crippen LogP contribution in [0.1, 0.15) is 0 Å². The molecule has 0 unspecified atom stereocenters. The predicted octanol–water partition coefficient (Wildman–Crippen LogP) is -0.564. The van der Waals surface area contributed by atoms with Crippen molar-refractivity contribution in [3.8, 4) is 0 Å². The third-order valence-electron chi connectivity index (χ3n) is 0.423.